The Bertz CT molecular complexity index is 615. The molecule has 0 unspecified atom stereocenters. The number of piperidine rings is 1. The van der Waals surface area contributed by atoms with Crippen LogP contribution in [-0.4, -0.2) is 39.5 Å². The molecule has 1 aromatic heterocycles. The van der Waals surface area contributed by atoms with Crippen LogP contribution >= 0.6 is 15.9 Å². The SMILES string of the molecule is Cc1nn(C2CCN(C(=O)OC(C)(C)C)CC2)c(C(F)(F)F)c1Br. The monoisotopic (exact) mass is 411 g/mol. The number of rotatable bonds is 1. The molecule has 24 heavy (non-hydrogen) atoms. The number of nitrogens with zero attached hydrogens (tertiary/aromatic N) is 3. The average Bonchev–Trinajstić information content (AvgIpc) is 2.73. The minimum absolute atomic E-state index is 0.0235. The molecule has 1 saturated heterocycles. The van der Waals surface area contributed by atoms with Gasteiger partial charge in [0.2, 0.25) is 0 Å². The number of halogens is 4. The van der Waals surface area contributed by atoms with Crippen molar-refractivity contribution in [2.75, 3.05) is 13.1 Å². The molecule has 1 fully saturated rings. The number of carbonyl (C=O) groups is 1. The van der Waals surface area contributed by atoms with Crippen LogP contribution in [0.3, 0.4) is 0 Å². The summed E-state index contributed by atoms with van der Waals surface area (Å²) >= 11 is 2.98. The quantitative estimate of drug-likeness (QED) is 0.680. The Kier molecular flexibility index (Phi) is 5.22. The molecule has 2 heterocycles. The van der Waals surface area contributed by atoms with Gasteiger partial charge in [-0.05, 0) is 56.5 Å². The molecule has 1 aliphatic heterocycles. The third-order valence-electron chi connectivity index (χ3n) is 3.74. The van der Waals surface area contributed by atoms with Gasteiger partial charge in [0, 0.05) is 13.1 Å². The summed E-state index contributed by atoms with van der Waals surface area (Å²) in [7, 11) is 0. The van der Waals surface area contributed by atoms with E-state index in [1.54, 1.807) is 20.8 Å². The summed E-state index contributed by atoms with van der Waals surface area (Å²) in [5.41, 5.74) is -1.06. The Morgan fingerprint density at radius 1 is 1.25 bits per heavy atom. The number of aryl methyl sites for hydroxylation is 1. The topological polar surface area (TPSA) is 47.4 Å². The van der Waals surface area contributed by atoms with Gasteiger partial charge in [-0.2, -0.15) is 18.3 Å². The molecular formula is C15H21BrF3N3O2. The molecule has 5 nitrogen and oxygen atoms in total. The van der Waals surface area contributed by atoms with E-state index >= 15 is 0 Å². The Morgan fingerprint density at radius 2 is 1.79 bits per heavy atom. The van der Waals surface area contributed by atoms with Crippen molar-refractivity contribution in [1.29, 1.82) is 0 Å². The van der Waals surface area contributed by atoms with Crippen molar-refractivity contribution in [3.8, 4) is 0 Å². The summed E-state index contributed by atoms with van der Waals surface area (Å²) < 4.78 is 46.2. The molecule has 136 valence electrons. The molecule has 1 aliphatic rings. The van der Waals surface area contributed by atoms with Gasteiger partial charge in [-0.25, -0.2) is 4.79 Å². The highest BCUT2D eigenvalue weighted by Gasteiger charge is 2.41. The molecule has 0 radical (unpaired) electrons. The Hall–Kier alpha value is -1.25. The lowest BCUT2D eigenvalue weighted by Gasteiger charge is -2.34. The highest BCUT2D eigenvalue weighted by atomic mass is 79.9. The van der Waals surface area contributed by atoms with Crippen molar-refractivity contribution >= 4 is 22.0 Å². The van der Waals surface area contributed by atoms with Crippen molar-refractivity contribution < 1.29 is 22.7 Å². The first kappa shape index (κ1) is 19.1. The molecule has 2 rings (SSSR count). The zero-order valence-electron chi connectivity index (χ0n) is 14.1. The third kappa shape index (κ3) is 4.23. The number of likely N-dealkylation sites (tertiary alicyclic amines) is 1. The van der Waals surface area contributed by atoms with Crippen molar-refractivity contribution in [2.24, 2.45) is 0 Å². The van der Waals surface area contributed by atoms with E-state index in [9.17, 15) is 18.0 Å². The van der Waals surface area contributed by atoms with Crippen LogP contribution in [0.2, 0.25) is 0 Å². The van der Waals surface area contributed by atoms with Crippen LogP contribution < -0.4 is 0 Å². The van der Waals surface area contributed by atoms with Crippen LogP contribution in [-0.2, 0) is 10.9 Å². The van der Waals surface area contributed by atoms with Gasteiger partial charge in [0.05, 0.1) is 16.2 Å². The molecule has 0 saturated carbocycles. The Labute approximate surface area is 147 Å². The van der Waals surface area contributed by atoms with Crippen molar-refractivity contribution in [3.63, 3.8) is 0 Å². The summed E-state index contributed by atoms with van der Waals surface area (Å²) in [5, 5.41) is 4.04. The number of alkyl halides is 3. The Morgan fingerprint density at radius 3 is 2.25 bits per heavy atom. The zero-order valence-corrected chi connectivity index (χ0v) is 15.7. The van der Waals surface area contributed by atoms with Crippen LogP contribution in [0.1, 0.15) is 51.0 Å². The van der Waals surface area contributed by atoms with Gasteiger partial charge in [0.25, 0.3) is 0 Å². The predicted molar refractivity (Wildman–Crippen MR) is 85.7 cm³/mol. The van der Waals surface area contributed by atoms with Crippen LogP contribution in [0, 0.1) is 6.92 Å². The molecule has 1 amide bonds. The summed E-state index contributed by atoms with van der Waals surface area (Å²) in [6, 6.07) is -0.398. The van der Waals surface area contributed by atoms with E-state index in [0.717, 1.165) is 4.68 Å². The van der Waals surface area contributed by atoms with Gasteiger partial charge in [-0.1, -0.05) is 0 Å². The van der Waals surface area contributed by atoms with Gasteiger partial charge in [0.15, 0.2) is 5.69 Å². The van der Waals surface area contributed by atoms with Gasteiger partial charge >= 0.3 is 12.3 Å². The first-order chi connectivity index (χ1) is 10.9. The van der Waals surface area contributed by atoms with Gasteiger partial charge < -0.3 is 9.64 Å². The summed E-state index contributed by atoms with van der Waals surface area (Å²) in [4.78, 5) is 13.6. The maximum Gasteiger partial charge on any atom is 0.434 e. The maximum absolute atomic E-state index is 13.3. The standard InChI is InChI=1S/C15H21BrF3N3O2/c1-9-11(16)12(15(17,18)19)22(20-9)10-5-7-21(8-6-10)13(23)24-14(2,3)4/h10H,5-8H2,1-4H3. The van der Waals surface area contributed by atoms with Crippen LogP contribution in [0.15, 0.2) is 4.47 Å². The second-order valence-electron chi connectivity index (χ2n) is 6.89. The summed E-state index contributed by atoms with van der Waals surface area (Å²) in [6.45, 7) is 7.54. The smallest absolute Gasteiger partial charge is 0.434 e. The highest BCUT2D eigenvalue weighted by Crippen LogP contribution is 2.39. The number of hydrogen-bond acceptors (Lipinski definition) is 3. The number of amides is 1. The van der Waals surface area contributed by atoms with Gasteiger partial charge in [-0.3, -0.25) is 4.68 Å². The molecule has 0 N–H and O–H groups in total. The lowest BCUT2D eigenvalue weighted by atomic mass is 10.1. The number of carbonyl (C=O) groups excluding carboxylic acids is 1. The molecule has 1 aromatic rings. The second kappa shape index (κ2) is 6.57. The molecule has 0 aromatic carbocycles. The highest BCUT2D eigenvalue weighted by molar-refractivity contribution is 9.10. The zero-order chi connectivity index (χ0) is 18.3. The first-order valence-corrected chi connectivity index (χ1v) is 8.49. The molecular weight excluding hydrogens is 391 g/mol. The average molecular weight is 412 g/mol. The lowest BCUT2D eigenvalue weighted by molar-refractivity contribution is -0.146. The van der Waals surface area contributed by atoms with E-state index in [0.29, 0.717) is 31.6 Å². The number of hydrogen-bond donors (Lipinski definition) is 0. The minimum atomic E-state index is -4.48. The molecule has 0 aliphatic carbocycles. The lowest BCUT2D eigenvalue weighted by Crippen LogP contribution is -2.42. The maximum atomic E-state index is 13.3. The third-order valence-corrected chi connectivity index (χ3v) is 4.69. The number of ether oxygens (including phenoxy) is 1. The second-order valence-corrected chi connectivity index (χ2v) is 7.68. The predicted octanol–water partition coefficient (Wildman–Crippen LogP) is 4.54. The van der Waals surface area contributed by atoms with Crippen molar-refractivity contribution in [2.45, 2.75) is 58.4 Å². The van der Waals surface area contributed by atoms with Crippen molar-refractivity contribution in [1.82, 2.24) is 14.7 Å². The van der Waals surface area contributed by atoms with E-state index in [1.165, 1.54) is 11.8 Å². The molecule has 0 atom stereocenters. The fourth-order valence-corrected chi connectivity index (χ4v) is 3.15. The van der Waals surface area contributed by atoms with E-state index in [4.69, 9.17) is 4.74 Å². The van der Waals surface area contributed by atoms with E-state index in [2.05, 4.69) is 21.0 Å². The summed E-state index contributed by atoms with van der Waals surface area (Å²) in [6.07, 6.45) is -4.12. The largest absolute Gasteiger partial charge is 0.444 e. The van der Waals surface area contributed by atoms with E-state index < -0.39 is 29.6 Å². The summed E-state index contributed by atoms with van der Waals surface area (Å²) in [5.74, 6) is 0. The van der Waals surface area contributed by atoms with E-state index in [1.807, 2.05) is 0 Å². The fourth-order valence-electron chi connectivity index (χ4n) is 2.67. The van der Waals surface area contributed by atoms with E-state index in [-0.39, 0.29) is 4.47 Å². The van der Waals surface area contributed by atoms with Gasteiger partial charge in [0.1, 0.15) is 5.60 Å². The van der Waals surface area contributed by atoms with Crippen LogP contribution in [0.5, 0.6) is 0 Å². The molecule has 0 spiro atoms. The van der Waals surface area contributed by atoms with Crippen LogP contribution in [0.4, 0.5) is 18.0 Å². The fraction of sp³-hybridized carbons (Fsp3) is 0.733. The van der Waals surface area contributed by atoms with Gasteiger partial charge in [-0.15, -0.1) is 0 Å². The minimum Gasteiger partial charge on any atom is -0.444 e. The molecule has 9 heteroatoms. The molecule has 0 bridgehead atoms. The number of aromatic nitrogens is 2. The van der Waals surface area contributed by atoms with Crippen LogP contribution in [0.25, 0.3) is 0 Å². The normalized spacial score (nSPS) is 17.2. The first-order valence-electron chi connectivity index (χ1n) is 7.70. The van der Waals surface area contributed by atoms with Crippen molar-refractivity contribution in [3.05, 3.63) is 15.9 Å². The Balaban J connectivity index is 2.11.